The number of ketones is 1. The summed E-state index contributed by atoms with van der Waals surface area (Å²) < 4.78 is 10.6. The van der Waals surface area contributed by atoms with Crippen LogP contribution in [0.5, 0.6) is 11.5 Å². The summed E-state index contributed by atoms with van der Waals surface area (Å²) in [5.74, 6) is 1.36. The van der Waals surface area contributed by atoms with E-state index in [4.69, 9.17) is 9.47 Å². The Balaban J connectivity index is 3.38. The van der Waals surface area contributed by atoms with Crippen molar-refractivity contribution >= 4 is 5.78 Å². The lowest BCUT2D eigenvalue weighted by Crippen LogP contribution is -2.20. The fourth-order valence-electron chi connectivity index (χ4n) is 1.92. The number of ether oxygens (including phenoxy) is 2. The summed E-state index contributed by atoms with van der Waals surface area (Å²) in [6.07, 6.45) is 0. The fourth-order valence-corrected chi connectivity index (χ4v) is 1.92. The largest absolute Gasteiger partial charge is 0.496 e. The Hall–Kier alpha value is -1.55. The second kappa shape index (κ2) is 5.68. The first kappa shape index (κ1) is 13.5. The van der Waals surface area contributed by atoms with Gasteiger partial charge in [0.25, 0.3) is 0 Å². The van der Waals surface area contributed by atoms with Crippen molar-refractivity contribution in [2.45, 2.75) is 13.8 Å². The van der Waals surface area contributed by atoms with Gasteiger partial charge >= 0.3 is 0 Å². The number of benzene rings is 1. The van der Waals surface area contributed by atoms with Crippen LogP contribution in [0, 0.1) is 13.8 Å². The highest BCUT2D eigenvalue weighted by atomic mass is 16.5. The third kappa shape index (κ3) is 2.58. The van der Waals surface area contributed by atoms with Gasteiger partial charge in [-0.05, 0) is 32.5 Å². The molecular formula is C13H19NO3. The molecule has 0 aromatic heterocycles. The third-order valence-electron chi connectivity index (χ3n) is 2.72. The number of aryl methyl sites for hydroxylation is 1. The van der Waals surface area contributed by atoms with Crippen molar-refractivity contribution in [3.05, 3.63) is 22.8 Å². The van der Waals surface area contributed by atoms with Crippen LogP contribution < -0.4 is 14.8 Å². The van der Waals surface area contributed by atoms with Crippen molar-refractivity contribution in [3.8, 4) is 11.5 Å². The van der Waals surface area contributed by atoms with E-state index in [9.17, 15) is 4.79 Å². The molecule has 0 saturated heterocycles. The number of carbonyl (C=O) groups is 1. The van der Waals surface area contributed by atoms with E-state index in [0.717, 1.165) is 16.9 Å². The Morgan fingerprint density at radius 2 is 1.94 bits per heavy atom. The van der Waals surface area contributed by atoms with Crippen molar-refractivity contribution in [2.75, 3.05) is 27.8 Å². The zero-order valence-electron chi connectivity index (χ0n) is 11.0. The summed E-state index contributed by atoms with van der Waals surface area (Å²) in [5, 5.41) is 2.86. The highest BCUT2D eigenvalue weighted by molar-refractivity contribution is 6.02. The second-order valence-corrected chi connectivity index (χ2v) is 3.88. The molecule has 17 heavy (non-hydrogen) atoms. The predicted molar refractivity (Wildman–Crippen MR) is 67.3 cm³/mol. The van der Waals surface area contributed by atoms with Gasteiger partial charge in [0.05, 0.1) is 26.3 Å². The van der Waals surface area contributed by atoms with E-state index < -0.39 is 0 Å². The molecule has 1 aromatic rings. The Kier molecular flexibility index (Phi) is 4.52. The molecule has 4 heteroatoms. The van der Waals surface area contributed by atoms with E-state index in [-0.39, 0.29) is 5.78 Å². The molecule has 0 atom stereocenters. The molecule has 0 saturated carbocycles. The number of carbonyl (C=O) groups excluding carboxylic acids is 1. The summed E-state index contributed by atoms with van der Waals surface area (Å²) in [5.41, 5.74) is 2.34. The number of hydrogen-bond acceptors (Lipinski definition) is 4. The van der Waals surface area contributed by atoms with Gasteiger partial charge in [-0.25, -0.2) is 0 Å². The van der Waals surface area contributed by atoms with Crippen LogP contribution in [0.15, 0.2) is 6.07 Å². The molecule has 0 aliphatic rings. The van der Waals surface area contributed by atoms with Gasteiger partial charge in [0.15, 0.2) is 5.78 Å². The molecule has 0 bridgehead atoms. The van der Waals surface area contributed by atoms with Gasteiger partial charge < -0.3 is 14.8 Å². The van der Waals surface area contributed by atoms with Crippen LogP contribution in [0.25, 0.3) is 0 Å². The molecule has 1 rings (SSSR count). The topological polar surface area (TPSA) is 47.6 Å². The lowest BCUT2D eigenvalue weighted by molar-refractivity contribution is 0.0990. The molecule has 94 valence electrons. The number of Topliss-reactive ketones (excluding diaryl/α,β-unsaturated/α-hetero) is 1. The summed E-state index contributed by atoms with van der Waals surface area (Å²) in [4.78, 5) is 12.0. The van der Waals surface area contributed by atoms with E-state index in [2.05, 4.69) is 5.32 Å². The minimum absolute atomic E-state index is 0.0209. The molecule has 0 unspecified atom stereocenters. The average molecular weight is 237 g/mol. The molecule has 1 aromatic carbocycles. The zero-order valence-corrected chi connectivity index (χ0v) is 11.0. The normalized spacial score (nSPS) is 10.2. The molecule has 0 fully saturated rings. The van der Waals surface area contributed by atoms with Crippen molar-refractivity contribution in [1.82, 2.24) is 5.32 Å². The van der Waals surface area contributed by atoms with E-state index in [1.807, 2.05) is 19.9 Å². The van der Waals surface area contributed by atoms with E-state index in [1.165, 1.54) is 0 Å². The monoisotopic (exact) mass is 237 g/mol. The summed E-state index contributed by atoms with van der Waals surface area (Å²) >= 11 is 0. The van der Waals surface area contributed by atoms with Gasteiger partial charge in [-0.2, -0.15) is 0 Å². The molecular weight excluding hydrogens is 218 g/mol. The predicted octanol–water partition coefficient (Wildman–Crippen LogP) is 1.72. The third-order valence-corrected chi connectivity index (χ3v) is 2.72. The van der Waals surface area contributed by atoms with Crippen LogP contribution in [-0.4, -0.2) is 33.6 Å². The van der Waals surface area contributed by atoms with Crippen LogP contribution in [0.4, 0.5) is 0 Å². The maximum Gasteiger partial charge on any atom is 0.180 e. The quantitative estimate of drug-likeness (QED) is 0.792. The van der Waals surface area contributed by atoms with Gasteiger partial charge in [-0.15, -0.1) is 0 Å². The molecule has 1 N–H and O–H groups in total. The van der Waals surface area contributed by atoms with Crippen molar-refractivity contribution in [3.63, 3.8) is 0 Å². The number of hydrogen-bond donors (Lipinski definition) is 1. The number of methoxy groups -OCH3 is 2. The standard InChI is InChI=1S/C13H19NO3/c1-8-6-11(16-4)9(2)13(17-5)12(8)10(15)7-14-3/h6,14H,7H2,1-5H3. The van der Waals surface area contributed by atoms with Crippen LogP contribution in [0.2, 0.25) is 0 Å². The summed E-state index contributed by atoms with van der Waals surface area (Å²) in [6, 6.07) is 1.86. The number of nitrogens with one attached hydrogen (secondary N) is 1. The van der Waals surface area contributed by atoms with Gasteiger partial charge in [-0.1, -0.05) is 0 Å². The number of likely N-dealkylation sites (N-methyl/N-ethyl adjacent to an activating group) is 1. The van der Waals surface area contributed by atoms with Crippen LogP contribution in [0.3, 0.4) is 0 Å². The highest BCUT2D eigenvalue weighted by Crippen LogP contribution is 2.34. The first-order chi connectivity index (χ1) is 8.06. The number of rotatable bonds is 5. The molecule has 0 radical (unpaired) electrons. The van der Waals surface area contributed by atoms with Crippen LogP contribution >= 0.6 is 0 Å². The fraction of sp³-hybridized carbons (Fsp3) is 0.462. The Morgan fingerprint density at radius 3 is 2.41 bits per heavy atom. The van der Waals surface area contributed by atoms with Crippen molar-refractivity contribution < 1.29 is 14.3 Å². The van der Waals surface area contributed by atoms with Crippen molar-refractivity contribution in [2.24, 2.45) is 0 Å². The summed E-state index contributed by atoms with van der Waals surface area (Å²) in [7, 11) is 4.92. The summed E-state index contributed by atoms with van der Waals surface area (Å²) in [6.45, 7) is 4.06. The van der Waals surface area contributed by atoms with E-state index in [1.54, 1.807) is 21.3 Å². The van der Waals surface area contributed by atoms with Gasteiger partial charge in [0.2, 0.25) is 0 Å². The Labute approximate surface area is 102 Å². The van der Waals surface area contributed by atoms with Gasteiger partial charge in [0, 0.05) is 5.56 Å². The SMILES string of the molecule is CNCC(=O)c1c(C)cc(OC)c(C)c1OC. The molecule has 0 aliphatic carbocycles. The maximum absolute atomic E-state index is 12.0. The molecule has 0 amide bonds. The minimum atomic E-state index is 0.0209. The molecule has 0 aliphatic heterocycles. The van der Waals surface area contributed by atoms with Gasteiger partial charge in [0.1, 0.15) is 11.5 Å². The first-order valence-electron chi connectivity index (χ1n) is 5.46. The van der Waals surface area contributed by atoms with Gasteiger partial charge in [-0.3, -0.25) is 4.79 Å². The zero-order chi connectivity index (χ0) is 13.0. The Bertz CT molecular complexity index is 427. The van der Waals surface area contributed by atoms with E-state index in [0.29, 0.717) is 17.9 Å². The van der Waals surface area contributed by atoms with Crippen LogP contribution in [-0.2, 0) is 0 Å². The molecule has 0 heterocycles. The lowest BCUT2D eigenvalue weighted by atomic mass is 9.99. The first-order valence-corrected chi connectivity index (χ1v) is 5.46. The maximum atomic E-state index is 12.0. The lowest BCUT2D eigenvalue weighted by Gasteiger charge is -2.16. The smallest absolute Gasteiger partial charge is 0.180 e. The molecule has 4 nitrogen and oxygen atoms in total. The Morgan fingerprint density at radius 1 is 1.29 bits per heavy atom. The second-order valence-electron chi connectivity index (χ2n) is 3.88. The van der Waals surface area contributed by atoms with Crippen LogP contribution in [0.1, 0.15) is 21.5 Å². The average Bonchev–Trinajstić information content (AvgIpc) is 2.31. The minimum Gasteiger partial charge on any atom is -0.496 e. The van der Waals surface area contributed by atoms with E-state index >= 15 is 0 Å². The molecule has 0 spiro atoms. The van der Waals surface area contributed by atoms with Crippen molar-refractivity contribution in [1.29, 1.82) is 0 Å². The highest BCUT2D eigenvalue weighted by Gasteiger charge is 2.19.